The highest BCUT2D eigenvalue weighted by atomic mass is 16.5. The normalized spacial score (nSPS) is 10.5. The molecule has 0 rings (SSSR count). The minimum absolute atomic E-state index is 0.0983. The summed E-state index contributed by atoms with van der Waals surface area (Å²) in [5.41, 5.74) is 0. The molecule has 4 heteroatoms. The molecule has 0 spiro atoms. The highest BCUT2D eigenvalue weighted by molar-refractivity contribution is 4.89. The van der Waals surface area contributed by atoms with Crippen molar-refractivity contribution in [2.24, 2.45) is 0 Å². The van der Waals surface area contributed by atoms with E-state index in [4.69, 9.17) is 20.1 Å². The third kappa shape index (κ3) is 14.0. The van der Waals surface area contributed by atoms with E-state index in [0.29, 0.717) is 6.61 Å². The molecule has 0 heterocycles. The van der Waals surface area contributed by atoms with Gasteiger partial charge >= 0.3 is 0 Å². The van der Waals surface area contributed by atoms with Crippen LogP contribution in [0.3, 0.4) is 0 Å². The van der Waals surface area contributed by atoms with Gasteiger partial charge < -0.3 is 20.1 Å². The van der Waals surface area contributed by atoms with Gasteiger partial charge in [-0.05, 0) is 19.4 Å². The van der Waals surface area contributed by atoms with E-state index in [-0.39, 0.29) is 19.8 Å². The molecule has 0 atom stereocenters. The van der Waals surface area contributed by atoms with Crippen LogP contribution in [0.1, 0.15) is 26.7 Å². The Labute approximate surface area is 85.8 Å². The smallest absolute Gasteiger partial charge is 0.111 e. The average molecular weight is 206 g/mol. The first-order valence-electron chi connectivity index (χ1n) is 4.87. The van der Waals surface area contributed by atoms with Gasteiger partial charge in [-0.25, -0.2) is 0 Å². The van der Waals surface area contributed by atoms with Crippen molar-refractivity contribution < 1.29 is 20.1 Å². The molecule has 0 aliphatic carbocycles. The molecule has 14 heavy (non-hydrogen) atoms. The molecule has 0 aliphatic rings. The zero-order chi connectivity index (χ0) is 11.2. The second kappa shape index (κ2) is 14.9. The Bertz CT molecular complexity index is 121. The number of aliphatic hydroxyl groups is 3. The molecule has 0 fully saturated rings. The first-order chi connectivity index (χ1) is 6.76. The van der Waals surface area contributed by atoms with Gasteiger partial charge in [-0.3, -0.25) is 0 Å². The van der Waals surface area contributed by atoms with Crippen molar-refractivity contribution in [2.45, 2.75) is 26.7 Å². The molecule has 0 saturated carbocycles. The molecule has 0 unspecified atom stereocenters. The van der Waals surface area contributed by atoms with Crippen molar-refractivity contribution in [2.75, 3.05) is 26.4 Å². The fourth-order valence-corrected chi connectivity index (χ4v) is 0.723. The highest BCUT2D eigenvalue weighted by Gasteiger charge is 1.92. The number of aliphatic hydroxyl groups excluding tert-OH is 3. The fraction of sp³-hybridized carbons (Fsp3) is 0.800. The van der Waals surface area contributed by atoms with Crippen molar-refractivity contribution in [3.63, 3.8) is 0 Å². The number of ether oxygens (including phenoxy) is 1. The largest absolute Gasteiger partial charge is 0.496 e. The first-order valence-corrected chi connectivity index (χ1v) is 4.87. The quantitative estimate of drug-likeness (QED) is 0.559. The molecule has 0 saturated heterocycles. The van der Waals surface area contributed by atoms with E-state index < -0.39 is 0 Å². The van der Waals surface area contributed by atoms with Gasteiger partial charge in [-0.2, -0.15) is 0 Å². The maximum atomic E-state index is 8.43. The average Bonchev–Trinajstić information content (AvgIpc) is 2.24. The number of hydrogen-bond acceptors (Lipinski definition) is 4. The van der Waals surface area contributed by atoms with E-state index in [1.807, 2.05) is 13.0 Å². The van der Waals surface area contributed by atoms with E-state index >= 15 is 0 Å². The van der Waals surface area contributed by atoms with Gasteiger partial charge in [0.15, 0.2) is 0 Å². The van der Waals surface area contributed by atoms with Crippen LogP contribution in [0, 0.1) is 0 Å². The lowest BCUT2D eigenvalue weighted by atomic mass is 10.3. The summed E-state index contributed by atoms with van der Waals surface area (Å²) in [5.74, 6) is 0.983. The third-order valence-electron chi connectivity index (χ3n) is 1.30. The third-order valence-corrected chi connectivity index (χ3v) is 1.30. The summed E-state index contributed by atoms with van der Waals surface area (Å²) >= 11 is 0. The standard InChI is InChI=1S/C8H16O2.C2H6O2/c1-3-5-8(4-2)10-7-6-9;3-1-2-4/h4,9H,3,5-7H2,1-2H3;3-4H,1-2H2. The fourth-order valence-electron chi connectivity index (χ4n) is 0.723. The predicted molar refractivity (Wildman–Crippen MR) is 55.9 cm³/mol. The molecule has 0 amide bonds. The molecule has 0 aromatic heterocycles. The monoisotopic (exact) mass is 206 g/mol. The van der Waals surface area contributed by atoms with Crippen LogP contribution < -0.4 is 0 Å². The van der Waals surface area contributed by atoms with E-state index in [2.05, 4.69) is 6.92 Å². The lowest BCUT2D eigenvalue weighted by Gasteiger charge is -2.06. The lowest BCUT2D eigenvalue weighted by molar-refractivity contribution is 0.139. The summed E-state index contributed by atoms with van der Waals surface area (Å²) in [6, 6.07) is 0. The number of allylic oxidation sites excluding steroid dienone is 2. The molecule has 0 aromatic rings. The minimum Gasteiger partial charge on any atom is -0.496 e. The Hall–Kier alpha value is -0.580. The molecule has 0 aromatic carbocycles. The summed E-state index contributed by atoms with van der Waals surface area (Å²) in [5, 5.41) is 23.7. The Balaban J connectivity index is 0. The first kappa shape index (κ1) is 15.9. The molecule has 0 aliphatic heterocycles. The number of hydrogen-bond donors (Lipinski definition) is 3. The molecule has 0 radical (unpaired) electrons. The topological polar surface area (TPSA) is 69.9 Å². The molecule has 86 valence electrons. The lowest BCUT2D eigenvalue weighted by Crippen LogP contribution is -1.98. The second-order valence-corrected chi connectivity index (χ2v) is 2.52. The zero-order valence-corrected chi connectivity index (χ0v) is 9.07. The van der Waals surface area contributed by atoms with E-state index in [0.717, 1.165) is 18.6 Å². The Kier molecular flexibility index (Phi) is 16.9. The van der Waals surface area contributed by atoms with Gasteiger partial charge in [-0.15, -0.1) is 0 Å². The summed E-state index contributed by atoms with van der Waals surface area (Å²) in [4.78, 5) is 0. The SMILES string of the molecule is CC=C(CCC)OCCO.OCCO. The summed E-state index contributed by atoms with van der Waals surface area (Å²) in [6.07, 6.45) is 4.00. The van der Waals surface area contributed by atoms with Crippen molar-refractivity contribution in [3.05, 3.63) is 11.8 Å². The van der Waals surface area contributed by atoms with Crippen LogP contribution in [0.5, 0.6) is 0 Å². The predicted octanol–water partition coefficient (Wildman–Crippen LogP) is 0.670. The highest BCUT2D eigenvalue weighted by Crippen LogP contribution is 2.04. The minimum atomic E-state index is -0.125. The van der Waals surface area contributed by atoms with Crippen molar-refractivity contribution >= 4 is 0 Å². The molecule has 4 nitrogen and oxygen atoms in total. The van der Waals surface area contributed by atoms with Crippen LogP contribution in [-0.2, 0) is 4.74 Å². The van der Waals surface area contributed by atoms with Crippen molar-refractivity contribution in [1.82, 2.24) is 0 Å². The van der Waals surface area contributed by atoms with Crippen molar-refractivity contribution in [1.29, 1.82) is 0 Å². The summed E-state index contributed by atoms with van der Waals surface area (Å²) in [7, 11) is 0. The zero-order valence-electron chi connectivity index (χ0n) is 9.07. The van der Waals surface area contributed by atoms with Gasteiger partial charge in [0.2, 0.25) is 0 Å². The molecule has 3 N–H and O–H groups in total. The summed E-state index contributed by atoms with van der Waals surface area (Å²) < 4.78 is 5.19. The van der Waals surface area contributed by atoms with Gasteiger partial charge in [0, 0.05) is 6.42 Å². The van der Waals surface area contributed by atoms with Gasteiger partial charge in [-0.1, -0.05) is 6.92 Å². The molecular weight excluding hydrogens is 184 g/mol. The van der Waals surface area contributed by atoms with Crippen LogP contribution in [0.4, 0.5) is 0 Å². The second-order valence-electron chi connectivity index (χ2n) is 2.52. The maximum Gasteiger partial charge on any atom is 0.111 e. The van der Waals surface area contributed by atoms with Gasteiger partial charge in [0.05, 0.1) is 25.6 Å². The molecule has 0 bridgehead atoms. The van der Waals surface area contributed by atoms with Crippen LogP contribution in [-0.4, -0.2) is 41.7 Å². The van der Waals surface area contributed by atoms with Crippen molar-refractivity contribution in [3.8, 4) is 0 Å². The molecular formula is C10H22O4. The van der Waals surface area contributed by atoms with E-state index in [1.54, 1.807) is 0 Å². The Morgan fingerprint density at radius 3 is 2.00 bits per heavy atom. The maximum absolute atomic E-state index is 8.43. The number of rotatable bonds is 6. The Morgan fingerprint density at radius 2 is 1.71 bits per heavy atom. The van der Waals surface area contributed by atoms with E-state index in [1.165, 1.54) is 0 Å². The van der Waals surface area contributed by atoms with Crippen LogP contribution in [0.15, 0.2) is 11.8 Å². The van der Waals surface area contributed by atoms with Crippen LogP contribution >= 0.6 is 0 Å². The van der Waals surface area contributed by atoms with Gasteiger partial charge in [0.1, 0.15) is 6.61 Å². The summed E-state index contributed by atoms with van der Waals surface area (Å²) in [6.45, 7) is 4.31. The van der Waals surface area contributed by atoms with Crippen LogP contribution in [0.2, 0.25) is 0 Å². The Morgan fingerprint density at radius 1 is 1.14 bits per heavy atom. The van der Waals surface area contributed by atoms with Crippen LogP contribution in [0.25, 0.3) is 0 Å². The van der Waals surface area contributed by atoms with Gasteiger partial charge in [0.25, 0.3) is 0 Å². The van der Waals surface area contributed by atoms with E-state index in [9.17, 15) is 0 Å².